The number of para-hydroxylation sites is 1. The molecule has 0 aliphatic heterocycles. The first-order valence-corrected chi connectivity index (χ1v) is 5.48. The fourth-order valence-electron chi connectivity index (χ4n) is 1.58. The van der Waals surface area contributed by atoms with Crippen LogP contribution in [0.3, 0.4) is 0 Å². The molecule has 2 aromatic carbocycles. The van der Waals surface area contributed by atoms with Crippen LogP contribution in [0, 0.1) is 11.6 Å². The lowest BCUT2D eigenvalue weighted by molar-refractivity contribution is 0.194. The van der Waals surface area contributed by atoms with Crippen LogP contribution in [0.1, 0.15) is 18.6 Å². The van der Waals surface area contributed by atoms with Gasteiger partial charge in [0.05, 0.1) is 6.10 Å². The number of aliphatic hydroxyl groups excluding tert-OH is 1. The van der Waals surface area contributed by atoms with Gasteiger partial charge in [0.1, 0.15) is 11.6 Å². The molecular formula is C14H12F2O2. The van der Waals surface area contributed by atoms with Gasteiger partial charge in [-0.3, -0.25) is 0 Å². The minimum Gasteiger partial charge on any atom is -0.454 e. The molecule has 18 heavy (non-hydrogen) atoms. The van der Waals surface area contributed by atoms with Crippen molar-refractivity contribution in [3.05, 3.63) is 59.7 Å². The minimum atomic E-state index is -0.851. The summed E-state index contributed by atoms with van der Waals surface area (Å²) >= 11 is 0. The average Bonchev–Trinajstić information content (AvgIpc) is 2.34. The van der Waals surface area contributed by atoms with E-state index >= 15 is 0 Å². The Bertz CT molecular complexity index is 536. The quantitative estimate of drug-likeness (QED) is 0.897. The van der Waals surface area contributed by atoms with Gasteiger partial charge in [-0.1, -0.05) is 12.1 Å². The normalized spacial score (nSPS) is 12.2. The first-order chi connectivity index (χ1) is 8.58. The molecule has 2 nitrogen and oxygen atoms in total. The molecule has 0 fully saturated rings. The highest BCUT2D eigenvalue weighted by atomic mass is 19.1. The molecule has 1 atom stereocenters. The van der Waals surface area contributed by atoms with Crippen molar-refractivity contribution in [1.82, 2.24) is 0 Å². The molecule has 94 valence electrons. The summed E-state index contributed by atoms with van der Waals surface area (Å²) in [5.74, 6) is -0.702. The number of aliphatic hydroxyl groups is 1. The Morgan fingerprint density at radius 3 is 2.33 bits per heavy atom. The van der Waals surface area contributed by atoms with E-state index < -0.39 is 17.7 Å². The maximum absolute atomic E-state index is 13.7. The Labute approximate surface area is 103 Å². The molecule has 0 spiro atoms. The molecule has 2 aromatic rings. The highest BCUT2D eigenvalue weighted by molar-refractivity contribution is 5.40. The summed E-state index contributed by atoms with van der Waals surface area (Å²) in [4.78, 5) is 0. The van der Waals surface area contributed by atoms with Crippen molar-refractivity contribution in [2.24, 2.45) is 0 Å². The Morgan fingerprint density at radius 2 is 1.72 bits per heavy atom. The number of hydrogen-bond acceptors (Lipinski definition) is 2. The summed E-state index contributed by atoms with van der Waals surface area (Å²) < 4.78 is 31.8. The van der Waals surface area contributed by atoms with E-state index in [0.717, 1.165) is 0 Å². The number of ether oxygens (including phenoxy) is 1. The molecule has 0 radical (unpaired) electrons. The summed E-state index contributed by atoms with van der Waals surface area (Å²) in [7, 11) is 0. The van der Waals surface area contributed by atoms with E-state index in [1.54, 1.807) is 6.07 Å². The van der Waals surface area contributed by atoms with E-state index in [0.29, 0.717) is 11.3 Å². The van der Waals surface area contributed by atoms with Crippen LogP contribution in [0.4, 0.5) is 8.78 Å². The van der Waals surface area contributed by atoms with Gasteiger partial charge in [0, 0.05) is 5.56 Å². The van der Waals surface area contributed by atoms with Crippen LogP contribution in [0.5, 0.6) is 11.5 Å². The van der Waals surface area contributed by atoms with Crippen LogP contribution in [0.15, 0.2) is 42.5 Å². The second-order valence-electron chi connectivity index (χ2n) is 3.89. The zero-order valence-corrected chi connectivity index (χ0v) is 9.73. The summed E-state index contributed by atoms with van der Waals surface area (Å²) in [5, 5.41) is 9.54. The van der Waals surface area contributed by atoms with Gasteiger partial charge in [0.25, 0.3) is 0 Å². The van der Waals surface area contributed by atoms with E-state index in [9.17, 15) is 13.9 Å². The Balaban J connectivity index is 2.36. The van der Waals surface area contributed by atoms with Crippen molar-refractivity contribution >= 4 is 0 Å². The standard InChI is InChI=1S/C14H12F2O2/c1-9(17)12-3-2-4-13(16)14(12)18-11-7-5-10(15)6-8-11/h2-9,17H,1H3. The SMILES string of the molecule is CC(O)c1cccc(F)c1Oc1ccc(F)cc1. The predicted octanol–water partition coefficient (Wildman–Crippen LogP) is 3.81. The van der Waals surface area contributed by atoms with Crippen molar-refractivity contribution in [3.8, 4) is 11.5 Å². The zero-order chi connectivity index (χ0) is 13.1. The van der Waals surface area contributed by atoms with Crippen LogP contribution >= 0.6 is 0 Å². The molecule has 0 saturated carbocycles. The van der Waals surface area contributed by atoms with E-state index in [4.69, 9.17) is 4.74 Å². The molecular weight excluding hydrogens is 238 g/mol. The van der Waals surface area contributed by atoms with Crippen molar-refractivity contribution in [2.45, 2.75) is 13.0 Å². The van der Waals surface area contributed by atoms with Gasteiger partial charge in [-0.2, -0.15) is 0 Å². The van der Waals surface area contributed by atoms with Crippen molar-refractivity contribution in [3.63, 3.8) is 0 Å². The second kappa shape index (κ2) is 5.14. The van der Waals surface area contributed by atoms with Crippen molar-refractivity contribution < 1.29 is 18.6 Å². The summed E-state index contributed by atoms with van der Waals surface area (Å²) in [6.45, 7) is 1.52. The van der Waals surface area contributed by atoms with Gasteiger partial charge < -0.3 is 9.84 Å². The van der Waals surface area contributed by atoms with Crippen molar-refractivity contribution in [2.75, 3.05) is 0 Å². The third-order valence-corrected chi connectivity index (χ3v) is 2.48. The maximum Gasteiger partial charge on any atom is 0.168 e. The first kappa shape index (κ1) is 12.5. The highest BCUT2D eigenvalue weighted by Crippen LogP contribution is 2.32. The smallest absolute Gasteiger partial charge is 0.168 e. The average molecular weight is 250 g/mol. The van der Waals surface area contributed by atoms with E-state index in [1.165, 1.54) is 43.3 Å². The molecule has 1 N–H and O–H groups in total. The van der Waals surface area contributed by atoms with Crippen LogP contribution in [-0.4, -0.2) is 5.11 Å². The molecule has 0 aliphatic carbocycles. The third-order valence-electron chi connectivity index (χ3n) is 2.48. The maximum atomic E-state index is 13.7. The first-order valence-electron chi connectivity index (χ1n) is 5.48. The molecule has 0 bridgehead atoms. The molecule has 0 amide bonds. The van der Waals surface area contributed by atoms with Crippen LogP contribution in [-0.2, 0) is 0 Å². The van der Waals surface area contributed by atoms with Gasteiger partial charge >= 0.3 is 0 Å². The molecule has 0 aromatic heterocycles. The largest absolute Gasteiger partial charge is 0.454 e. The predicted molar refractivity (Wildman–Crippen MR) is 63.5 cm³/mol. The van der Waals surface area contributed by atoms with Gasteiger partial charge in [-0.25, -0.2) is 8.78 Å². The lowest BCUT2D eigenvalue weighted by Crippen LogP contribution is -1.98. The van der Waals surface area contributed by atoms with Crippen LogP contribution < -0.4 is 4.74 Å². The molecule has 0 saturated heterocycles. The lowest BCUT2D eigenvalue weighted by atomic mass is 10.1. The summed E-state index contributed by atoms with van der Waals surface area (Å²) in [6.07, 6.45) is -0.851. The fourth-order valence-corrected chi connectivity index (χ4v) is 1.58. The fraction of sp³-hybridized carbons (Fsp3) is 0.143. The van der Waals surface area contributed by atoms with Gasteiger partial charge in [0.15, 0.2) is 11.6 Å². The summed E-state index contributed by atoms with van der Waals surface area (Å²) in [5.41, 5.74) is 0.347. The van der Waals surface area contributed by atoms with Gasteiger partial charge in [0.2, 0.25) is 0 Å². The number of rotatable bonds is 3. The van der Waals surface area contributed by atoms with E-state index in [2.05, 4.69) is 0 Å². The highest BCUT2D eigenvalue weighted by Gasteiger charge is 2.14. The van der Waals surface area contributed by atoms with Gasteiger partial charge in [-0.05, 0) is 37.3 Å². The Hall–Kier alpha value is -1.94. The van der Waals surface area contributed by atoms with Crippen LogP contribution in [0.25, 0.3) is 0 Å². The number of halogens is 2. The zero-order valence-electron chi connectivity index (χ0n) is 9.73. The molecule has 4 heteroatoms. The Morgan fingerprint density at radius 1 is 1.06 bits per heavy atom. The second-order valence-corrected chi connectivity index (χ2v) is 3.89. The lowest BCUT2D eigenvalue weighted by Gasteiger charge is -2.13. The van der Waals surface area contributed by atoms with E-state index in [-0.39, 0.29) is 5.75 Å². The third kappa shape index (κ3) is 2.65. The van der Waals surface area contributed by atoms with Crippen LogP contribution in [0.2, 0.25) is 0 Å². The number of hydrogen-bond donors (Lipinski definition) is 1. The molecule has 2 rings (SSSR count). The van der Waals surface area contributed by atoms with E-state index in [1.807, 2.05) is 0 Å². The molecule has 1 unspecified atom stereocenters. The monoisotopic (exact) mass is 250 g/mol. The minimum absolute atomic E-state index is 0.0425. The number of benzene rings is 2. The topological polar surface area (TPSA) is 29.5 Å². The molecule has 0 heterocycles. The molecule has 0 aliphatic rings. The summed E-state index contributed by atoms with van der Waals surface area (Å²) in [6, 6.07) is 9.55. The van der Waals surface area contributed by atoms with Gasteiger partial charge in [-0.15, -0.1) is 0 Å². The Kier molecular flexibility index (Phi) is 3.58. The van der Waals surface area contributed by atoms with Crippen molar-refractivity contribution in [1.29, 1.82) is 0 Å².